The molecule has 2 aromatic carbocycles. The van der Waals surface area contributed by atoms with Crippen LogP contribution in [-0.4, -0.2) is 25.6 Å². The molecule has 146 valence electrons. The molecule has 2 aromatic rings. The van der Waals surface area contributed by atoms with Crippen molar-refractivity contribution in [3.05, 3.63) is 77.9 Å². The number of carbonyl (C=O) groups excluding carboxylic acids is 2. The Hall–Kier alpha value is -3.08. The van der Waals surface area contributed by atoms with Crippen molar-refractivity contribution in [2.24, 2.45) is 5.92 Å². The Balaban J connectivity index is 1.62. The van der Waals surface area contributed by atoms with E-state index < -0.39 is 0 Å². The maximum atomic E-state index is 12.4. The van der Waals surface area contributed by atoms with E-state index in [1.54, 1.807) is 7.11 Å². The molecule has 5 heteroatoms. The number of hydrogen-bond donors (Lipinski definition) is 1. The largest absolute Gasteiger partial charge is 0.497 e. The number of hydrogen-bond acceptors (Lipinski definition) is 4. The highest BCUT2D eigenvalue weighted by atomic mass is 16.5. The summed E-state index contributed by atoms with van der Waals surface area (Å²) < 4.78 is 10.4. The second-order valence-electron chi connectivity index (χ2n) is 6.81. The fraction of sp³-hybridized carbons (Fsp3) is 0.304. The van der Waals surface area contributed by atoms with E-state index in [0.29, 0.717) is 6.42 Å². The summed E-state index contributed by atoms with van der Waals surface area (Å²) in [6.45, 7) is -0.283. The standard InChI is InChI=1S/C23H25NO4/c1-27-20-13-11-19(12-14-20)23(18-9-3-2-4-10-18)24-21(25)16-28-22(26)15-17-7-5-6-8-17/h2-5,7,9-14,17,23H,6,8,15-16H2,1H3,(H,24,25)/t17-,23-/m0/s1. The minimum atomic E-state index is -0.340. The van der Waals surface area contributed by atoms with Crippen LogP contribution in [0.15, 0.2) is 66.7 Å². The highest BCUT2D eigenvalue weighted by Crippen LogP contribution is 2.24. The van der Waals surface area contributed by atoms with Gasteiger partial charge < -0.3 is 14.8 Å². The lowest BCUT2D eigenvalue weighted by Crippen LogP contribution is -2.33. The van der Waals surface area contributed by atoms with Gasteiger partial charge in [-0.05, 0) is 42.0 Å². The number of methoxy groups -OCH3 is 1. The smallest absolute Gasteiger partial charge is 0.306 e. The van der Waals surface area contributed by atoms with Gasteiger partial charge in [0.25, 0.3) is 5.91 Å². The molecule has 0 spiro atoms. The minimum Gasteiger partial charge on any atom is -0.497 e. The molecule has 0 radical (unpaired) electrons. The first-order valence-electron chi connectivity index (χ1n) is 9.46. The fourth-order valence-corrected chi connectivity index (χ4v) is 3.29. The van der Waals surface area contributed by atoms with Gasteiger partial charge in [-0.3, -0.25) is 9.59 Å². The second kappa shape index (κ2) is 9.74. The Kier molecular flexibility index (Phi) is 6.84. The van der Waals surface area contributed by atoms with Gasteiger partial charge in [-0.2, -0.15) is 0 Å². The molecule has 1 aliphatic rings. The summed E-state index contributed by atoms with van der Waals surface area (Å²) in [7, 11) is 1.61. The SMILES string of the molecule is COc1ccc([C@@H](NC(=O)COC(=O)C[C@H]2C=CCC2)c2ccccc2)cc1. The molecule has 5 nitrogen and oxygen atoms in total. The first-order chi connectivity index (χ1) is 13.7. The van der Waals surface area contributed by atoms with Crippen molar-refractivity contribution in [1.82, 2.24) is 5.32 Å². The Morgan fingerprint density at radius 2 is 1.79 bits per heavy atom. The molecule has 0 bridgehead atoms. The van der Waals surface area contributed by atoms with Gasteiger partial charge in [0.2, 0.25) is 0 Å². The van der Waals surface area contributed by atoms with Crippen LogP contribution in [0.1, 0.15) is 36.4 Å². The second-order valence-corrected chi connectivity index (χ2v) is 6.81. The van der Waals surface area contributed by atoms with Crippen molar-refractivity contribution < 1.29 is 19.1 Å². The maximum absolute atomic E-state index is 12.4. The van der Waals surface area contributed by atoms with Gasteiger partial charge in [0, 0.05) is 0 Å². The Labute approximate surface area is 165 Å². The predicted octanol–water partition coefficient (Wildman–Crippen LogP) is 3.80. The van der Waals surface area contributed by atoms with Gasteiger partial charge in [-0.15, -0.1) is 0 Å². The first kappa shape index (κ1) is 19.7. The van der Waals surface area contributed by atoms with Gasteiger partial charge in [-0.25, -0.2) is 0 Å². The van der Waals surface area contributed by atoms with Gasteiger partial charge in [0.05, 0.1) is 19.6 Å². The Morgan fingerprint density at radius 1 is 1.07 bits per heavy atom. The van der Waals surface area contributed by atoms with Crippen LogP contribution in [0.4, 0.5) is 0 Å². The van der Waals surface area contributed by atoms with Gasteiger partial charge >= 0.3 is 5.97 Å². The molecule has 0 aliphatic heterocycles. The van der Waals surface area contributed by atoms with Gasteiger partial charge in [0.1, 0.15) is 5.75 Å². The highest BCUT2D eigenvalue weighted by molar-refractivity contribution is 5.81. The fourth-order valence-electron chi connectivity index (χ4n) is 3.29. The van der Waals surface area contributed by atoms with Crippen LogP contribution in [0.2, 0.25) is 0 Å². The molecule has 2 atom stereocenters. The summed E-state index contributed by atoms with van der Waals surface area (Å²) in [5.41, 5.74) is 1.87. The summed E-state index contributed by atoms with van der Waals surface area (Å²) in [4.78, 5) is 24.4. The van der Waals surface area contributed by atoms with Crippen LogP contribution >= 0.6 is 0 Å². The van der Waals surface area contributed by atoms with Crippen molar-refractivity contribution in [1.29, 1.82) is 0 Å². The first-order valence-corrected chi connectivity index (χ1v) is 9.46. The van der Waals surface area contributed by atoms with E-state index in [1.807, 2.05) is 60.7 Å². The zero-order chi connectivity index (χ0) is 19.8. The van der Waals surface area contributed by atoms with Crippen molar-refractivity contribution in [3.63, 3.8) is 0 Å². The third-order valence-electron chi connectivity index (χ3n) is 4.79. The monoisotopic (exact) mass is 379 g/mol. The van der Waals surface area contributed by atoms with Crippen LogP contribution in [0.5, 0.6) is 5.75 Å². The number of rotatable bonds is 8. The third-order valence-corrected chi connectivity index (χ3v) is 4.79. The lowest BCUT2D eigenvalue weighted by atomic mass is 9.98. The summed E-state index contributed by atoms with van der Waals surface area (Å²) in [5, 5.41) is 2.97. The zero-order valence-corrected chi connectivity index (χ0v) is 16.0. The van der Waals surface area contributed by atoms with E-state index in [0.717, 1.165) is 29.7 Å². The molecule has 0 fully saturated rings. The maximum Gasteiger partial charge on any atom is 0.306 e. The van der Waals surface area contributed by atoms with E-state index in [9.17, 15) is 9.59 Å². The Morgan fingerprint density at radius 3 is 2.43 bits per heavy atom. The van der Waals surface area contributed by atoms with E-state index in [4.69, 9.17) is 9.47 Å². The number of amides is 1. The molecule has 1 aliphatic carbocycles. The number of ether oxygens (including phenoxy) is 2. The lowest BCUT2D eigenvalue weighted by molar-refractivity contribution is -0.149. The average molecular weight is 379 g/mol. The number of carbonyl (C=O) groups is 2. The van der Waals surface area contributed by atoms with Gasteiger partial charge in [0.15, 0.2) is 6.61 Å². The number of esters is 1. The predicted molar refractivity (Wildman–Crippen MR) is 107 cm³/mol. The molecular weight excluding hydrogens is 354 g/mol. The van der Waals surface area contributed by atoms with Crippen LogP contribution in [0.3, 0.4) is 0 Å². The van der Waals surface area contributed by atoms with E-state index >= 15 is 0 Å². The van der Waals surface area contributed by atoms with Crippen LogP contribution < -0.4 is 10.1 Å². The number of benzene rings is 2. The molecule has 0 aromatic heterocycles. The molecule has 28 heavy (non-hydrogen) atoms. The third kappa shape index (κ3) is 5.46. The zero-order valence-electron chi connectivity index (χ0n) is 16.0. The van der Waals surface area contributed by atoms with Crippen molar-refractivity contribution >= 4 is 11.9 Å². The van der Waals surface area contributed by atoms with E-state index in [-0.39, 0.29) is 30.4 Å². The summed E-state index contributed by atoms with van der Waals surface area (Å²) in [6.07, 6.45) is 6.40. The Bertz CT molecular complexity index is 814. The van der Waals surface area contributed by atoms with E-state index in [1.165, 1.54) is 0 Å². The molecule has 1 amide bonds. The van der Waals surface area contributed by atoms with Crippen LogP contribution in [0.25, 0.3) is 0 Å². The topological polar surface area (TPSA) is 64.6 Å². The quantitative estimate of drug-likeness (QED) is 0.560. The summed E-state index contributed by atoms with van der Waals surface area (Å²) in [5.74, 6) is 0.302. The number of allylic oxidation sites excluding steroid dienone is 2. The number of nitrogens with one attached hydrogen (secondary N) is 1. The summed E-state index contributed by atoms with van der Waals surface area (Å²) >= 11 is 0. The molecule has 0 unspecified atom stereocenters. The van der Waals surface area contributed by atoms with Crippen molar-refractivity contribution in [3.8, 4) is 5.75 Å². The highest BCUT2D eigenvalue weighted by Gasteiger charge is 2.19. The van der Waals surface area contributed by atoms with Crippen molar-refractivity contribution in [2.75, 3.05) is 13.7 Å². The molecule has 0 saturated carbocycles. The molecule has 0 heterocycles. The minimum absolute atomic E-state index is 0.229. The average Bonchev–Trinajstić information content (AvgIpc) is 3.24. The lowest BCUT2D eigenvalue weighted by Gasteiger charge is -2.20. The van der Waals surface area contributed by atoms with Crippen molar-refractivity contribution in [2.45, 2.75) is 25.3 Å². The van der Waals surface area contributed by atoms with Crippen LogP contribution in [0, 0.1) is 5.92 Å². The molecule has 1 N–H and O–H groups in total. The van der Waals surface area contributed by atoms with Gasteiger partial charge in [-0.1, -0.05) is 54.6 Å². The molecule has 0 saturated heterocycles. The molecule has 3 rings (SSSR count). The summed E-state index contributed by atoms with van der Waals surface area (Å²) in [6, 6.07) is 16.9. The van der Waals surface area contributed by atoms with E-state index in [2.05, 4.69) is 11.4 Å². The normalized spacial score (nSPS) is 16.4. The van der Waals surface area contributed by atoms with Crippen LogP contribution in [-0.2, 0) is 14.3 Å². The molecular formula is C23H25NO4.